The van der Waals surface area contributed by atoms with Gasteiger partial charge in [0.25, 0.3) is 5.71 Å². The summed E-state index contributed by atoms with van der Waals surface area (Å²) < 4.78 is 33.1. The molecule has 8 nitrogen and oxygen atoms in total. The number of hydrogen-bond acceptors (Lipinski definition) is 7. The second-order valence-corrected chi connectivity index (χ2v) is 11.3. The Morgan fingerprint density at radius 3 is 2.31 bits per heavy atom. The molecule has 3 heterocycles. The van der Waals surface area contributed by atoms with Gasteiger partial charge >= 0.3 is 0 Å². The minimum absolute atomic E-state index is 0.237. The van der Waals surface area contributed by atoms with Crippen LogP contribution in [0.3, 0.4) is 0 Å². The van der Waals surface area contributed by atoms with Crippen LogP contribution in [0.15, 0.2) is 34.9 Å². The Hall–Kier alpha value is -2.52. The molecule has 0 bridgehead atoms. The third-order valence-electron chi connectivity index (χ3n) is 6.57. The summed E-state index contributed by atoms with van der Waals surface area (Å²) in [6.45, 7) is 6.35. The molecule has 0 saturated carbocycles. The molecule has 0 unspecified atom stereocenters. The number of rotatable bonds is 12. The lowest BCUT2D eigenvalue weighted by molar-refractivity contribution is 0.383. The zero-order valence-electron chi connectivity index (χ0n) is 20.9. The van der Waals surface area contributed by atoms with Crippen LogP contribution in [0.5, 0.6) is 0 Å². The van der Waals surface area contributed by atoms with E-state index in [1.807, 2.05) is 30.3 Å². The maximum atomic E-state index is 12.9. The Bertz CT molecular complexity index is 1190. The molecule has 190 valence electrons. The fourth-order valence-electron chi connectivity index (χ4n) is 4.61. The second kappa shape index (κ2) is 11.9. The number of aromatic nitrogens is 3. The first-order valence-electron chi connectivity index (χ1n) is 13.0. The highest BCUT2D eigenvalue weighted by molar-refractivity contribution is 7.89. The predicted molar refractivity (Wildman–Crippen MR) is 140 cm³/mol. The molecule has 4 rings (SSSR count). The van der Waals surface area contributed by atoms with Crippen LogP contribution in [0.1, 0.15) is 64.6 Å². The van der Waals surface area contributed by atoms with E-state index < -0.39 is 10.0 Å². The number of hydrogen-bond donors (Lipinski definition) is 0. The average Bonchev–Trinajstić information content (AvgIpc) is 3.30. The lowest BCUT2D eigenvalue weighted by Crippen LogP contribution is -2.49. The minimum Gasteiger partial charge on any atom is -0.353 e. The Morgan fingerprint density at radius 2 is 1.60 bits per heavy atom. The maximum Gasteiger partial charge on any atom is 0.263 e. The third kappa shape index (κ3) is 6.19. The number of sulfonamides is 1. The molecule has 0 N–H and O–H groups in total. The molecule has 1 saturated heterocycles. The van der Waals surface area contributed by atoms with E-state index in [1.165, 1.54) is 19.3 Å². The van der Waals surface area contributed by atoms with Gasteiger partial charge in [0.05, 0.1) is 5.75 Å². The predicted octanol–water partition coefficient (Wildman–Crippen LogP) is 5.05. The molecule has 2 aromatic heterocycles. The monoisotopic (exact) mass is 499 g/mol. The fraction of sp³-hybridized carbons (Fsp3) is 0.577. The molecule has 0 amide bonds. The van der Waals surface area contributed by atoms with Crippen molar-refractivity contribution in [3.63, 3.8) is 0 Å². The van der Waals surface area contributed by atoms with Crippen LogP contribution >= 0.6 is 0 Å². The molecular formula is C26H37N5O3S. The number of anilines is 1. The quantitative estimate of drug-likeness (QED) is 0.322. The van der Waals surface area contributed by atoms with Crippen LogP contribution in [0.4, 0.5) is 5.82 Å². The van der Waals surface area contributed by atoms with Gasteiger partial charge in [-0.2, -0.15) is 9.29 Å². The van der Waals surface area contributed by atoms with E-state index in [0.717, 1.165) is 60.4 Å². The van der Waals surface area contributed by atoms with Gasteiger partial charge in [-0.05, 0) is 12.8 Å². The summed E-state index contributed by atoms with van der Waals surface area (Å²) >= 11 is 0. The third-order valence-corrected chi connectivity index (χ3v) is 8.53. The van der Waals surface area contributed by atoms with Crippen molar-refractivity contribution in [2.75, 3.05) is 36.8 Å². The molecule has 1 fully saturated rings. The average molecular weight is 500 g/mol. The molecule has 1 aromatic carbocycles. The van der Waals surface area contributed by atoms with Crippen LogP contribution in [0.2, 0.25) is 0 Å². The molecule has 1 aliphatic heterocycles. The zero-order valence-corrected chi connectivity index (χ0v) is 21.8. The normalized spacial score (nSPS) is 15.2. The highest BCUT2D eigenvalue weighted by Crippen LogP contribution is 2.34. The summed E-state index contributed by atoms with van der Waals surface area (Å²) in [5, 5.41) is 5.12. The first kappa shape index (κ1) is 25.6. The van der Waals surface area contributed by atoms with Crippen molar-refractivity contribution in [2.24, 2.45) is 0 Å². The van der Waals surface area contributed by atoms with Gasteiger partial charge in [-0.25, -0.2) is 13.4 Å². The fourth-order valence-corrected chi connectivity index (χ4v) is 6.16. The second-order valence-electron chi connectivity index (χ2n) is 9.26. The van der Waals surface area contributed by atoms with E-state index >= 15 is 0 Å². The van der Waals surface area contributed by atoms with Crippen molar-refractivity contribution in [3.05, 3.63) is 36.2 Å². The lowest BCUT2D eigenvalue weighted by Gasteiger charge is -2.35. The van der Waals surface area contributed by atoms with Crippen molar-refractivity contribution < 1.29 is 12.9 Å². The number of benzene rings is 1. The summed E-state index contributed by atoms with van der Waals surface area (Å²) in [6, 6.07) is 9.89. The van der Waals surface area contributed by atoms with Crippen LogP contribution in [0, 0.1) is 0 Å². The Kier molecular flexibility index (Phi) is 8.73. The van der Waals surface area contributed by atoms with Gasteiger partial charge in [-0.3, -0.25) is 0 Å². The van der Waals surface area contributed by atoms with E-state index in [-0.39, 0.29) is 5.75 Å². The molecule has 0 spiro atoms. The maximum absolute atomic E-state index is 12.9. The summed E-state index contributed by atoms with van der Waals surface area (Å²) in [7, 11) is -3.24. The van der Waals surface area contributed by atoms with Crippen molar-refractivity contribution in [1.29, 1.82) is 0 Å². The van der Waals surface area contributed by atoms with E-state index in [2.05, 4.69) is 28.9 Å². The van der Waals surface area contributed by atoms with Gasteiger partial charge in [0, 0.05) is 38.2 Å². The van der Waals surface area contributed by atoms with E-state index in [9.17, 15) is 8.42 Å². The molecular weight excluding hydrogens is 462 g/mol. The van der Waals surface area contributed by atoms with Crippen LogP contribution in [-0.2, 0) is 16.4 Å². The van der Waals surface area contributed by atoms with Crippen LogP contribution < -0.4 is 4.90 Å². The Labute approximate surface area is 208 Å². The molecule has 1 aliphatic rings. The summed E-state index contributed by atoms with van der Waals surface area (Å²) in [4.78, 5) is 11.7. The van der Waals surface area contributed by atoms with Gasteiger partial charge in [0.1, 0.15) is 22.7 Å². The Morgan fingerprint density at radius 1 is 0.886 bits per heavy atom. The van der Waals surface area contributed by atoms with Crippen molar-refractivity contribution in [1.82, 2.24) is 19.4 Å². The van der Waals surface area contributed by atoms with Gasteiger partial charge in [-0.1, -0.05) is 81.4 Å². The van der Waals surface area contributed by atoms with Crippen LogP contribution in [0.25, 0.3) is 22.4 Å². The summed E-state index contributed by atoms with van der Waals surface area (Å²) in [6.07, 6.45) is 8.12. The highest BCUT2D eigenvalue weighted by Gasteiger charge is 2.29. The molecule has 0 radical (unpaired) electrons. The molecule has 0 aliphatic carbocycles. The lowest BCUT2D eigenvalue weighted by atomic mass is 10.1. The largest absolute Gasteiger partial charge is 0.353 e. The minimum atomic E-state index is -3.24. The molecule has 9 heteroatoms. The molecule has 0 atom stereocenters. The van der Waals surface area contributed by atoms with Gasteiger partial charge in [-0.15, -0.1) is 0 Å². The van der Waals surface area contributed by atoms with Gasteiger partial charge < -0.3 is 9.42 Å². The highest BCUT2D eigenvalue weighted by atomic mass is 32.2. The molecule has 3 aromatic rings. The zero-order chi connectivity index (χ0) is 24.7. The SMILES string of the molecule is CCCCCCCCS(=O)(=O)N1CCN(c2nc(CCC)nc3onc(-c4ccccc4)c23)CC1. The van der Waals surface area contributed by atoms with E-state index in [4.69, 9.17) is 9.51 Å². The summed E-state index contributed by atoms with van der Waals surface area (Å²) in [5.41, 5.74) is 2.15. The number of unbranched alkanes of at least 4 members (excludes halogenated alkanes) is 5. The van der Waals surface area contributed by atoms with Crippen LogP contribution in [-0.4, -0.2) is 59.8 Å². The smallest absolute Gasteiger partial charge is 0.263 e. The summed E-state index contributed by atoms with van der Waals surface area (Å²) in [5.74, 6) is 1.75. The van der Waals surface area contributed by atoms with E-state index in [0.29, 0.717) is 31.9 Å². The van der Waals surface area contributed by atoms with Crippen molar-refractivity contribution >= 4 is 26.9 Å². The first-order valence-corrected chi connectivity index (χ1v) is 14.6. The molecule has 35 heavy (non-hydrogen) atoms. The first-order chi connectivity index (χ1) is 17.0. The topological polar surface area (TPSA) is 92.4 Å². The Balaban J connectivity index is 1.50. The standard InChI is InChI=1S/C26H37N5O3S/c1-3-5-6-7-8-12-20-35(32,33)31-18-16-30(17-19-31)25-23-24(21-14-10-9-11-15-21)29-34-26(23)28-22(27-25)13-4-2/h9-11,14-15H,3-8,12-13,16-20H2,1-2H3. The van der Waals surface area contributed by atoms with Crippen molar-refractivity contribution in [3.8, 4) is 11.3 Å². The van der Waals surface area contributed by atoms with Crippen molar-refractivity contribution in [2.45, 2.75) is 65.2 Å². The number of nitrogens with zero attached hydrogens (tertiary/aromatic N) is 5. The number of fused-ring (bicyclic) bond motifs is 1. The number of aryl methyl sites for hydroxylation is 1. The van der Waals surface area contributed by atoms with Gasteiger partial charge in [0.2, 0.25) is 10.0 Å². The van der Waals surface area contributed by atoms with Gasteiger partial charge in [0.15, 0.2) is 0 Å². The number of piperazine rings is 1. The van der Waals surface area contributed by atoms with E-state index in [1.54, 1.807) is 4.31 Å².